The van der Waals surface area contributed by atoms with Gasteiger partial charge in [0.2, 0.25) is 0 Å². The van der Waals surface area contributed by atoms with E-state index in [4.69, 9.17) is 21.1 Å². The number of nitro groups is 1. The zero-order valence-electron chi connectivity index (χ0n) is 18.7. The molecule has 0 saturated carbocycles. The van der Waals surface area contributed by atoms with Crippen LogP contribution in [0.3, 0.4) is 0 Å². The Balaban J connectivity index is 1.86. The van der Waals surface area contributed by atoms with Gasteiger partial charge < -0.3 is 14.8 Å². The Kier molecular flexibility index (Phi) is 8.68. The fourth-order valence-corrected chi connectivity index (χ4v) is 4.10. The first-order valence-corrected chi connectivity index (χ1v) is 11.6. The molecule has 0 radical (unpaired) electrons. The summed E-state index contributed by atoms with van der Waals surface area (Å²) in [5.41, 5.74) is 1.51. The Labute approximate surface area is 220 Å². The molecule has 1 amide bonds. The lowest BCUT2D eigenvalue weighted by Gasteiger charge is -2.14. The number of ether oxygens (including phenoxy) is 2. The molecule has 0 aromatic heterocycles. The van der Waals surface area contributed by atoms with E-state index in [1.165, 1.54) is 25.3 Å². The first-order chi connectivity index (χ1) is 16.7. The molecule has 0 saturated heterocycles. The Bertz CT molecular complexity index is 1370. The molecule has 0 aliphatic rings. The second-order valence-corrected chi connectivity index (χ2v) is 8.89. The topological polar surface area (TPSA) is 114 Å². The summed E-state index contributed by atoms with van der Waals surface area (Å²) in [6.45, 7) is 1.93. The number of hydrogen-bond donors (Lipinski definition) is 1. The molecule has 0 aliphatic carbocycles. The van der Waals surface area contributed by atoms with Crippen molar-refractivity contribution in [2.24, 2.45) is 0 Å². The van der Waals surface area contributed by atoms with Crippen LogP contribution in [0.15, 0.2) is 60.2 Å². The number of anilines is 1. The predicted octanol–water partition coefficient (Wildman–Crippen LogP) is 6.29. The quantitative estimate of drug-likeness (QED) is 0.106. The molecule has 0 atom stereocenters. The number of nitrogens with one attached hydrogen (secondary N) is 1. The summed E-state index contributed by atoms with van der Waals surface area (Å²) >= 11 is 8.27. The third kappa shape index (κ3) is 6.49. The van der Waals surface area contributed by atoms with Gasteiger partial charge in [0.25, 0.3) is 11.6 Å². The second-order valence-electron chi connectivity index (χ2n) is 7.32. The lowest BCUT2D eigenvalue weighted by molar-refractivity contribution is -0.384. The summed E-state index contributed by atoms with van der Waals surface area (Å²) in [5.74, 6) is 0.123. The van der Waals surface area contributed by atoms with E-state index in [-0.39, 0.29) is 23.6 Å². The molecule has 0 spiro atoms. The van der Waals surface area contributed by atoms with Gasteiger partial charge in [-0.2, -0.15) is 5.26 Å². The van der Waals surface area contributed by atoms with Crippen LogP contribution in [0, 0.1) is 31.9 Å². The zero-order valence-corrected chi connectivity index (χ0v) is 21.6. The first kappa shape index (κ1) is 26.0. The van der Waals surface area contributed by atoms with Crippen LogP contribution in [0.2, 0.25) is 5.02 Å². The van der Waals surface area contributed by atoms with E-state index in [0.717, 1.165) is 5.56 Å². The molecule has 35 heavy (non-hydrogen) atoms. The van der Waals surface area contributed by atoms with Crippen molar-refractivity contribution in [2.75, 3.05) is 12.4 Å². The van der Waals surface area contributed by atoms with Gasteiger partial charge in [-0.1, -0.05) is 35.9 Å². The van der Waals surface area contributed by atoms with Gasteiger partial charge in [0.15, 0.2) is 11.5 Å². The van der Waals surface area contributed by atoms with Crippen LogP contribution >= 0.6 is 34.2 Å². The van der Waals surface area contributed by atoms with Gasteiger partial charge in [-0.25, -0.2) is 0 Å². The van der Waals surface area contributed by atoms with Gasteiger partial charge in [-0.3, -0.25) is 14.9 Å². The Morgan fingerprint density at radius 3 is 2.66 bits per heavy atom. The fourth-order valence-electron chi connectivity index (χ4n) is 3.13. The minimum Gasteiger partial charge on any atom is -0.493 e. The van der Waals surface area contributed by atoms with Crippen LogP contribution in [0.5, 0.6) is 11.5 Å². The number of methoxy groups -OCH3 is 1. The SMILES string of the molecule is COc1cc(/C=C(\C#N)C(=O)Nc2ccc(C)cc2[N+](=O)[O-])cc(I)c1OCc1ccccc1Cl. The van der Waals surface area contributed by atoms with E-state index in [0.29, 0.717) is 31.2 Å². The van der Waals surface area contributed by atoms with Gasteiger partial charge in [-0.15, -0.1) is 0 Å². The summed E-state index contributed by atoms with van der Waals surface area (Å²) in [4.78, 5) is 23.4. The standard InChI is InChI=1S/C25H19ClIN3O5/c1-15-7-8-21(22(9-15)30(32)33)29-25(31)18(13-28)10-16-11-20(27)24(23(12-16)34-2)35-14-17-5-3-4-6-19(17)26/h3-12H,14H2,1-2H3,(H,29,31)/b18-10+. The van der Waals surface area contributed by atoms with E-state index in [9.17, 15) is 20.2 Å². The minimum atomic E-state index is -0.771. The molecule has 3 aromatic carbocycles. The summed E-state index contributed by atoms with van der Waals surface area (Å²) in [6.07, 6.45) is 1.37. The minimum absolute atomic E-state index is 0.00207. The maximum Gasteiger partial charge on any atom is 0.293 e. The number of nitrogens with zero attached hydrogens (tertiary/aromatic N) is 2. The van der Waals surface area contributed by atoms with E-state index in [2.05, 4.69) is 27.9 Å². The first-order valence-electron chi connectivity index (χ1n) is 10.2. The highest BCUT2D eigenvalue weighted by Crippen LogP contribution is 2.36. The highest BCUT2D eigenvalue weighted by atomic mass is 127. The lowest BCUT2D eigenvalue weighted by atomic mass is 10.1. The van der Waals surface area contributed by atoms with Crippen molar-refractivity contribution >= 4 is 57.5 Å². The van der Waals surface area contributed by atoms with Crippen molar-refractivity contribution in [1.82, 2.24) is 0 Å². The highest BCUT2D eigenvalue weighted by Gasteiger charge is 2.19. The van der Waals surface area contributed by atoms with Gasteiger partial charge in [0, 0.05) is 16.7 Å². The summed E-state index contributed by atoms with van der Waals surface area (Å²) in [5, 5.41) is 23.9. The van der Waals surface area contributed by atoms with Crippen LogP contribution in [-0.2, 0) is 11.4 Å². The molecule has 1 N–H and O–H groups in total. The molecule has 8 nitrogen and oxygen atoms in total. The number of aryl methyl sites for hydroxylation is 1. The number of halogens is 2. The Morgan fingerprint density at radius 2 is 2.00 bits per heavy atom. The number of rotatable bonds is 8. The number of benzene rings is 3. The van der Waals surface area contributed by atoms with Crippen molar-refractivity contribution in [1.29, 1.82) is 5.26 Å². The molecule has 3 rings (SSSR count). The number of amides is 1. The van der Waals surface area contributed by atoms with Crippen LogP contribution in [0.1, 0.15) is 16.7 Å². The van der Waals surface area contributed by atoms with Crippen molar-refractivity contribution in [3.8, 4) is 17.6 Å². The largest absolute Gasteiger partial charge is 0.493 e. The number of carbonyl (C=O) groups excluding carboxylic acids is 1. The van der Waals surface area contributed by atoms with E-state index < -0.39 is 10.8 Å². The van der Waals surface area contributed by atoms with E-state index in [1.807, 2.05) is 24.3 Å². The summed E-state index contributed by atoms with van der Waals surface area (Å²) in [7, 11) is 1.48. The number of nitro benzene ring substituents is 1. The molecule has 0 aliphatic heterocycles. The summed E-state index contributed by atoms with van der Waals surface area (Å²) in [6, 6.07) is 16.9. The van der Waals surface area contributed by atoms with Crippen molar-refractivity contribution in [2.45, 2.75) is 13.5 Å². The second kappa shape index (κ2) is 11.7. The van der Waals surface area contributed by atoms with Crippen LogP contribution in [0.25, 0.3) is 6.08 Å². The maximum absolute atomic E-state index is 12.7. The Hall–Kier alpha value is -3.62. The van der Waals surface area contributed by atoms with Gasteiger partial charge in [0.05, 0.1) is 15.6 Å². The van der Waals surface area contributed by atoms with Crippen LogP contribution in [-0.4, -0.2) is 17.9 Å². The van der Waals surface area contributed by atoms with Crippen molar-refractivity contribution < 1.29 is 19.2 Å². The molecule has 0 fully saturated rings. The molecule has 0 unspecified atom stereocenters. The third-order valence-corrected chi connectivity index (χ3v) is 6.03. The monoisotopic (exact) mass is 603 g/mol. The number of nitriles is 1. The molecule has 10 heteroatoms. The molecule has 0 bridgehead atoms. The molecule has 3 aromatic rings. The van der Waals surface area contributed by atoms with Gasteiger partial charge in [0.1, 0.15) is 23.9 Å². The molecular formula is C25H19ClIN3O5. The smallest absolute Gasteiger partial charge is 0.293 e. The van der Waals surface area contributed by atoms with Crippen LogP contribution < -0.4 is 14.8 Å². The van der Waals surface area contributed by atoms with Crippen LogP contribution in [0.4, 0.5) is 11.4 Å². The average Bonchev–Trinajstić information content (AvgIpc) is 2.83. The predicted molar refractivity (Wildman–Crippen MR) is 142 cm³/mol. The highest BCUT2D eigenvalue weighted by molar-refractivity contribution is 14.1. The third-order valence-electron chi connectivity index (χ3n) is 4.86. The Morgan fingerprint density at radius 1 is 1.26 bits per heavy atom. The molecule has 178 valence electrons. The molecule has 0 heterocycles. The van der Waals surface area contributed by atoms with Crippen molar-refractivity contribution in [3.05, 3.63) is 95.6 Å². The molecular weight excluding hydrogens is 585 g/mol. The normalized spacial score (nSPS) is 10.9. The maximum atomic E-state index is 12.7. The van der Waals surface area contributed by atoms with E-state index in [1.54, 1.807) is 31.2 Å². The van der Waals surface area contributed by atoms with E-state index >= 15 is 0 Å². The summed E-state index contributed by atoms with van der Waals surface area (Å²) < 4.78 is 12.1. The number of carbonyl (C=O) groups is 1. The fraction of sp³-hybridized carbons (Fsp3) is 0.120. The lowest BCUT2D eigenvalue weighted by Crippen LogP contribution is -2.14. The van der Waals surface area contributed by atoms with Gasteiger partial charge in [-0.05, 0) is 71.0 Å². The average molecular weight is 604 g/mol. The van der Waals surface area contributed by atoms with Crippen molar-refractivity contribution in [3.63, 3.8) is 0 Å². The zero-order chi connectivity index (χ0) is 25.5. The number of hydrogen-bond acceptors (Lipinski definition) is 6. The van der Waals surface area contributed by atoms with Gasteiger partial charge >= 0.3 is 0 Å².